The van der Waals surface area contributed by atoms with Crippen LogP contribution in [-0.4, -0.2) is 53.1 Å². The van der Waals surface area contributed by atoms with Crippen molar-refractivity contribution in [3.63, 3.8) is 0 Å². The summed E-state index contributed by atoms with van der Waals surface area (Å²) in [5.41, 5.74) is 1.86. The molecule has 1 aliphatic rings. The Kier molecular flexibility index (Phi) is 7.27. The van der Waals surface area contributed by atoms with Gasteiger partial charge in [-0.1, -0.05) is 18.7 Å². The van der Waals surface area contributed by atoms with Gasteiger partial charge in [0.1, 0.15) is 5.76 Å². The number of hydrogen-bond acceptors (Lipinski definition) is 7. The van der Waals surface area contributed by atoms with E-state index in [-0.39, 0.29) is 11.2 Å². The molecule has 3 heterocycles. The van der Waals surface area contributed by atoms with Gasteiger partial charge in [0, 0.05) is 38.6 Å². The van der Waals surface area contributed by atoms with E-state index >= 15 is 0 Å². The molecule has 176 valence electrons. The Morgan fingerprint density at radius 3 is 2.58 bits per heavy atom. The van der Waals surface area contributed by atoms with E-state index in [1.807, 2.05) is 62.3 Å². The summed E-state index contributed by atoms with van der Waals surface area (Å²) in [5.74, 6) is 2.33. The second-order valence-electron chi connectivity index (χ2n) is 8.81. The lowest BCUT2D eigenvalue weighted by Crippen LogP contribution is -2.35. The van der Waals surface area contributed by atoms with Crippen molar-refractivity contribution in [1.29, 1.82) is 0 Å². The number of furan rings is 1. The van der Waals surface area contributed by atoms with Crippen LogP contribution in [0.3, 0.4) is 0 Å². The Balaban J connectivity index is 1.48. The minimum absolute atomic E-state index is 0.0708. The average Bonchev–Trinajstić information content (AvgIpc) is 3.45. The Morgan fingerprint density at radius 2 is 1.94 bits per heavy atom. The average molecular weight is 469 g/mol. The molecule has 9 heteroatoms. The lowest BCUT2D eigenvalue weighted by atomic mass is 10.00. The Hall–Kier alpha value is -2.94. The topological polar surface area (TPSA) is 79.4 Å². The van der Waals surface area contributed by atoms with Gasteiger partial charge in [-0.2, -0.15) is 0 Å². The first-order chi connectivity index (χ1) is 15.9. The number of anilines is 3. The van der Waals surface area contributed by atoms with Gasteiger partial charge in [-0.25, -0.2) is 0 Å². The molecule has 1 atom stereocenters. The van der Waals surface area contributed by atoms with Crippen molar-refractivity contribution < 1.29 is 9.21 Å². The van der Waals surface area contributed by atoms with Gasteiger partial charge >= 0.3 is 0 Å². The highest BCUT2D eigenvalue weighted by Gasteiger charge is 2.25. The molecular formula is C24H32N6O2S. The fraction of sp³-hybridized carbons (Fsp3) is 0.458. The van der Waals surface area contributed by atoms with Crippen LogP contribution in [0.1, 0.15) is 32.4 Å². The van der Waals surface area contributed by atoms with Crippen molar-refractivity contribution in [2.24, 2.45) is 5.92 Å². The van der Waals surface area contributed by atoms with Crippen molar-refractivity contribution >= 4 is 35.0 Å². The Bertz CT molecular complexity index is 1040. The standard InChI is InChI=1S/C24H32N6O2S/c1-17-11-13-29(14-12-17)23-26-27-24(30(23)16-21-6-5-15-32-21)33-18(2)22(31)25-19-7-9-20(10-8-19)28(3)4/h5-10,15,17-18H,11-14,16H2,1-4H3,(H,25,31). The molecule has 1 saturated heterocycles. The highest BCUT2D eigenvalue weighted by molar-refractivity contribution is 8.00. The second-order valence-corrected chi connectivity index (χ2v) is 10.1. The molecule has 1 aromatic carbocycles. The van der Waals surface area contributed by atoms with Gasteiger partial charge in [0.25, 0.3) is 0 Å². The fourth-order valence-electron chi connectivity index (χ4n) is 3.81. The van der Waals surface area contributed by atoms with E-state index in [4.69, 9.17) is 4.42 Å². The van der Waals surface area contributed by atoms with E-state index in [0.717, 1.165) is 54.9 Å². The third kappa shape index (κ3) is 5.71. The van der Waals surface area contributed by atoms with E-state index in [1.165, 1.54) is 11.8 Å². The molecule has 0 saturated carbocycles. The molecule has 3 aromatic rings. The largest absolute Gasteiger partial charge is 0.467 e. The maximum atomic E-state index is 12.9. The number of carbonyl (C=O) groups excluding carboxylic acids is 1. The lowest BCUT2D eigenvalue weighted by Gasteiger charge is -2.31. The predicted octanol–water partition coefficient (Wildman–Crippen LogP) is 4.34. The minimum atomic E-state index is -0.340. The molecule has 4 rings (SSSR count). The molecule has 1 fully saturated rings. The van der Waals surface area contributed by atoms with E-state index in [1.54, 1.807) is 6.26 Å². The molecule has 8 nitrogen and oxygen atoms in total. The normalized spacial score (nSPS) is 15.5. The Morgan fingerprint density at radius 1 is 1.21 bits per heavy atom. The van der Waals surface area contributed by atoms with Crippen molar-refractivity contribution in [2.45, 2.75) is 43.6 Å². The molecule has 0 radical (unpaired) electrons. The van der Waals surface area contributed by atoms with E-state index < -0.39 is 0 Å². The summed E-state index contributed by atoms with van der Waals surface area (Å²) in [6.45, 7) is 6.63. The zero-order valence-corrected chi connectivity index (χ0v) is 20.5. The van der Waals surface area contributed by atoms with Crippen LogP contribution < -0.4 is 15.1 Å². The molecular weight excluding hydrogens is 436 g/mol. The number of carbonyl (C=O) groups is 1. The summed E-state index contributed by atoms with van der Waals surface area (Å²) in [7, 11) is 3.98. The maximum Gasteiger partial charge on any atom is 0.237 e. The zero-order valence-electron chi connectivity index (χ0n) is 19.7. The number of benzene rings is 1. The first-order valence-corrected chi connectivity index (χ1v) is 12.2. The first kappa shape index (κ1) is 23.2. The van der Waals surface area contributed by atoms with Gasteiger partial charge in [-0.15, -0.1) is 10.2 Å². The molecule has 1 unspecified atom stereocenters. The highest BCUT2D eigenvalue weighted by Crippen LogP contribution is 2.29. The molecule has 2 aromatic heterocycles. The molecule has 1 N–H and O–H groups in total. The van der Waals surface area contributed by atoms with Gasteiger partial charge in [0.2, 0.25) is 11.9 Å². The number of thioether (sulfide) groups is 1. The van der Waals surface area contributed by atoms with E-state index in [9.17, 15) is 4.79 Å². The second kappa shape index (κ2) is 10.3. The van der Waals surface area contributed by atoms with Crippen molar-refractivity contribution in [1.82, 2.24) is 14.8 Å². The zero-order chi connectivity index (χ0) is 23.4. The third-order valence-corrected chi connectivity index (χ3v) is 7.04. The number of piperidine rings is 1. The van der Waals surface area contributed by atoms with Crippen LogP contribution in [0.15, 0.2) is 52.2 Å². The number of aromatic nitrogens is 3. The van der Waals surface area contributed by atoms with Crippen molar-refractivity contribution in [3.05, 3.63) is 48.4 Å². The number of nitrogens with zero attached hydrogens (tertiary/aromatic N) is 5. The van der Waals surface area contributed by atoms with Crippen LogP contribution in [-0.2, 0) is 11.3 Å². The smallest absolute Gasteiger partial charge is 0.237 e. The van der Waals surface area contributed by atoms with Crippen LogP contribution in [0.4, 0.5) is 17.3 Å². The summed E-state index contributed by atoms with van der Waals surface area (Å²) in [6, 6.07) is 11.6. The van der Waals surface area contributed by atoms with Crippen LogP contribution in [0.5, 0.6) is 0 Å². The first-order valence-electron chi connectivity index (χ1n) is 11.4. The lowest BCUT2D eigenvalue weighted by molar-refractivity contribution is -0.115. The number of hydrogen-bond donors (Lipinski definition) is 1. The van der Waals surface area contributed by atoms with Crippen LogP contribution in [0.2, 0.25) is 0 Å². The molecule has 1 amide bonds. The van der Waals surface area contributed by atoms with Gasteiger partial charge in [-0.3, -0.25) is 9.36 Å². The minimum Gasteiger partial charge on any atom is -0.467 e. The summed E-state index contributed by atoms with van der Waals surface area (Å²) in [4.78, 5) is 17.2. The molecule has 0 aliphatic carbocycles. The molecule has 1 aliphatic heterocycles. The SMILES string of the molecule is CC1CCN(c2nnc(SC(C)C(=O)Nc3ccc(N(C)C)cc3)n2Cc2ccco2)CC1. The van der Waals surface area contributed by atoms with Crippen molar-refractivity contribution in [2.75, 3.05) is 42.3 Å². The monoisotopic (exact) mass is 468 g/mol. The van der Waals surface area contributed by atoms with Crippen molar-refractivity contribution in [3.8, 4) is 0 Å². The summed E-state index contributed by atoms with van der Waals surface area (Å²) < 4.78 is 7.66. The fourth-order valence-corrected chi connectivity index (χ4v) is 4.65. The van der Waals surface area contributed by atoms with E-state index in [0.29, 0.717) is 11.7 Å². The molecule has 33 heavy (non-hydrogen) atoms. The van der Waals surface area contributed by atoms with Gasteiger partial charge in [0.05, 0.1) is 18.1 Å². The Labute approximate surface area is 199 Å². The predicted molar refractivity (Wildman–Crippen MR) is 133 cm³/mol. The summed E-state index contributed by atoms with van der Waals surface area (Å²) >= 11 is 1.41. The van der Waals surface area contributed by atoms with Gasteiger partial charge in [0.15, 0.2) is 5.16 Å². The van der Waals surface area contributed by atoms with E-state index in [2.05, 4.69) is 31.9 Å². The highest BCUT2D eigenvalue weighted by atomic mass is 32.2. The van der Waals surface area contributed by atoms with Crippen LogP contribution in [0, 0.1) is 5.92 Å². The number of nitrogens with one attached hydrogen (secondary N) is 1. The maximum absolute atomic E-state index is 12.9. The summed E-state index contributed by atoms with van der Waals surface area (Å²) in [5, 5.41) is 12.3. The van der Waals surface area contributed by atoms with Crippen LogP contribution in [0.25, 0.3) is 0 Å². The van der Waals surface area contributed by atoms with Crippen LogP contribution >= 0.6 is 11.8 Å². The molecule has 0 bridgehead atoms. The quantitative estimate of drug-likeness (QED) is 0.493. The van der Waals surface area contributed by atoms with Gasteiger partial charge < -0.3 is 19.5 Å². The number of amides is 1. The molecule has 0 spiro atoms. The van der Waals surface area contributed by atoms with Gasteiger partial charge in [-0.05, 0) is 62.1 Å². The number of rotatable bonds is 8. The third-order valence-electron chi connectivity index (χ3n) is 5.96. The summed E-state index contributed by atoms with van der Waals surface area (Å²) in [6.07, 6.45) is 3.95.